The van der Waals surface area contributed by atoms with Crippen LogP contribution in [0.25, 0.3) is 0 Å². The Bertz CT molecular complexity index is 301. The topological polar surface area (TPSA) is 58.4 Å². The molecule has 17 heavy (non-hydrogen) atoms. The van der Waals surface area contributed by atoms with E-state index in [2.05, 4.69) is 31.0 Å². The summed E-state index contributed by atoms with van der Waals surface area (Å²) in [5, 5.41) is 3.42. The summed E-state index contributed by atoms with van der Waals surface area (Å²) in [6, 6.07) is 1.17. The zero-order valence-corrected chi connectivity index (χ0v) is 11.2. The minimum Gasteiger partial charge on any atom is -0.368 e. The van der Waals surface area contributed by atoms with Crippen molar-refractivity contribution in [2.75, 3.05) is 13.1 Å². The van der Waals surface area contributed by atoms with Crippen LogP contribution in [0.1, 0.15) is 40.0 Å². The van der Waals surface area contributed by atoms with Gasteiger partial charge in [-0.15, -0.1) is 0 Å². The predicted molar refractivity (Wildman–Crippen MR) is 68.6 cm³/mol. The molecule has 0 spiro atoms. The summed E-state index contributed by atoms with van der Waals surface area (Å²) in [4.78, 5) is 14.3. The number of hydrogen-bond donors (Lipinski definition) is 2. The monoisotopic (exact) mass is 239 g/mol. The summed E-state index contributed by atoms with van der Waals surface area (Å²) in [5.41, 5.74) is 5.14. The van der Waals surface area contributed by atoms with E-state index >= 15 is 0 Å². The molecule has 0 aromatic carbocycles. The first kappa shape index (κ1) is 12.8. The highest BCUT2D eigenvalue weighted by Gasteiger charge is 2.50. The molecule has 3 N–H and O–H groups in total. The fraction of sp³-hybridized carbons (Fsp3) is 0.923. The number of nitrogens with zero attached hydrogens (tertiary/aromatic N) is 1. The number of amides is 1. The van der Waals surface area contributed by atoms with Gasteiger partial charge in [0, 0.05) is 18.6 Å². The van der Waals surface area contributed by atoms with E-state index in [1.165, 1.54) is 12.8 Å². The van der Waals surface area contributed by atoms with E-state index in [1.54, 1.807) is 0 Å². The minimum atomic E-state index is -0.494. The molecule has 4 heteroatoms. The smallest absolute Gasteiger partial charge is 0.239 e. The third-order valence-electron chi connectivity index (χ3n) is 4.00. The van der Waals surface area contributed by atoms with E-state index < -0.39 is 5.54 Å². The molecule has 0 aromatic rings. The van der Waals surface area contributed by atoms with Crippen LogP contribution in [0, 0.1) is 5.92 Å². The van der Waals surface area contributed by atoms with Gasteiger partial charge in [-0.05, 0) is 38.6 Å². The summed E-state index contributed by atoms with van der Waals surface area (Å²) < 4.78 is 0. The molecule has 2 fully saturated rings. The lowest BCUT2D eigenvalue weighted by atomic mass is 9.94. The molecule has 1 amide bonds. The second-order valence-electron chi connectivity index (χ2n) is 6.18. The third-order valence-corrected chi connectivity index (χ3v) is 4.00. The van der Waals surface area contributed by atoms with Crippen molar-refractivity contribution in [3.05, 3.63) is 0 Å². The van der Waals surface area contributed by atoms with Gasteiger partial charge in [-0.3, -0.25) is 9.69 Å². The normalized spacial score (nSPS) is 34.5. The number of hydrogen-bond acceptors (Lipinski definition) is 3. The van der Waals surface area contributed by atoms with Crippen molar-refractivity contribution < 1.29 is 4.79 Å². The van der Waals surface area contributed by atoms with Crippen LogP contribution in [-0.4, -0.2) is 41.5 Å². The van der Waals surface area contributed by atoms with Crippen LogP contribution in [0.15, 0.2) is 0 Å². The molecule has 0 bridgehead atoms. The number of rotatable bonds is 5. The zero-order chi connectivity index (χ0) is 12.6. The largest absolute Gasteiger partial charge is 0.368 e. The molecule has 1 aliphatic heterocycles. The molecule has 0 radical (unpaired) electrons. The lowest BCUT2D eigenvalue weighted by Gasteiger charge is -2.28. The molecule has 1 heterocycles. The van der Waals surface area contributed by atoms with E-state index in [0.717, 1.165) is 19.5 Å². The van der Waals surface area contributed by atoms with Crippen LogP contribution in [0.5, 0.6) is 0 Å². The zero-order valence-electron chi connectivity index (χ0n) is 11.2. The van der Waals surface area contributed by atoms with Gasteiger partial charge in [-0.25, -0.2) is 0 Å². The molecular formula is C13H25N3O. The van der Waals surface area contributed by atoms with Crippen molar-refractivity contribution in [2.45, 2.75) is 57.7 Å². The molecule has 0 aromatic heterocycles. The molecule has 2 rings (SSSR count). The number of carbonyl (C=O) groups excluding carboxylic acids is 1. The first-order valence-electron chi connectivity index (χ1n) is 6.75. The molecular weight excluding hydrogens is 214 g/mol. The Morgan fingerprint density at radius 2 is 2.18 bits per heavy atom. The lowest BCUT2D eigenvalue weighted by Crippen LogP contribution is -2.58. The summed E-state index contributed by atoms with van der Waals surface area (Å²) >= 11 is 0. The highest BCUT2D eigenvalue weighted by molar-refractivity contribution is 5.85. The first-order valence-corrected chi connectivity index (χ1v) is 6.75. The molecule has 2 unspecified atom stereocenters. The van der Waals surface area contributed by atoms with Crippen molar-refractivity contribution in [3.8, 4) is 0 Å². The average molecular weight is 239 g/mol. The maximum Gasteiger partial charge on any atom is 0.239 e. The summed E-state index contributed by atoms with van der Waals surface area (Å²) in [7, 11) is 0. The predicted octanol–water partition coefficient (Wildman–Crippen LogP) is 0.713. The first-order chi connectivity index (χ1) is 7.94. The van der Waals surface area contributed by atoms with Gasteiger partial charge >= 0.3 is 0 Å². The Morgan fingerprint density at radius 1 is 1.53 bits per heavy atom. The maximum atomic E-state index is 11.8. The van der Waals surface area contributed by atoms with E-state index in [-0.39, 0.29) is 5.91 Å². The quantitative estimate of drug-likeness (QED) is 0.743. The molecule has 4 nitrogen and oxygen atoms in total. The lowest BCUT2D eigenvalue weighted by molar-refractivity contribution is -0.124. The van der Waals surface area contributed by atoms with Crippen LogP contribution in [0.3, 0.4) is 0 Å². The molecule has 1 aliphatic carbocycles. The van der Waals surface area contributed by atoms with Crippen molar-refractivity contribution in [1.82, 2.24) is 10.2 Å². The van der Waals surface area contributed by atoms with Gasteiger partial charge in [0.05, 0.1) is 0 Å². The van der Waals surface area contributed by atoms with Gasteiger partial charge in [-0.1, -0.05) is 13.8 Å². The molecule has 98 valence electrons. The number of primary amides is 1. The molecule has 1 saturated heterocycles. The van der Waals surface area contributed by atoms with Gasteiger partial charge in [0.2, 0.25) is 5.91 Å². The Morgan fingerprint density at radius 3 is 2.65 bits per heavy atom. The summed E-state index contributed by atoms with van der Waals surface area (Å²) in [6.07, 6.45) is 3.41. The Labute approximate surface area is 104 Å². The van der Waals surface area contributed by atoms with Crippen LogP contribution in [-0.2, 0) is 4.79 Å². The Hall–Kier alpha value is -0.610. The highest BCUT2D eigenvalue weighted by atomic mass is 16.1. The molecule has 2 atom stereocenters. The number of carbonyl (C=O) groups is 1. The van der Waals surface area contributed by atoms with Crippen molar-refractivity contribution >= 4 is 5.91 Å². The molecule has 2 aliphatic rings. The third kappa shape index (κ3) is 2.63. The van der Waals surface area contributed by atoms with Crippen LogP contribution < -0.4 is 11.1 Å². The van der Waals surface area contributed by atoms with E-state index in [4.69, 9.17) is 5.73 Å². The van der Waals surface area contributed by atoms with Crippen molar-refractivity contribution in [3.63, 3.8) is 0 Å². The second-order valence-corrected chi connectivity index (χ2v) is 6.18. The summed E-state index contributed by atoms with van der Waals surface area (Å²) in [6.45, 7) is 8.16. The van der Waals surface area contributed by atoms with E-state index in [1.807, 2.05) is 0 Å². The standard InChI is InChI=1S/C13H25N3O/c1-9(2)7-15-13(12(14)17)6-10(3)16(8-13)11-4-5-11/h9-11,15H,4-8H2,1-3H3,(H2,14,17). The Balaban J connectivity index is 2.05. The highest BCUT2D eigenvalue weighted by Crippen LogP contribution is 2.37. The van der Waals surface area contributed by atoms with Gasteiger partial charge in [-0.2, -0.15) is 0 Å². The van der Waals surface area contributed by atoms with Crippen LogP contribution in [0.2, 0.25) is 0 Å². The van der Waals surface area contributed by atoms with E-state index in [9.17, 15) is 4.79 Å². The van der Waals surface area contributed by atoms with Gasteiger partial charge in [0.15, 0.2) is 0 Å². The summed E-state index contributed by atoms with van der Waals surface area (Å²) in [5.74, 6) is 0.352. The SMILES string of the molecule is CC(C)CNC1(C(N)=O)CC(C)N(C2CC2)C1. The molecule has 1 saturated carbocycles. The number of likely N-dealkylation sites (tertiary alicyclic amines) is 1. The number of nitrogens with two attached hydrogens (primary N) is 1. The van der Waals surface area contributed by atoms with E-state index in [0.29, 0.717) is 18.0 Å². The fourth-order valence-corrected chi connectivity index (χ4v) is 2.84. The van der Waals surface area contributed by atoms with Gasteiger partial charge in [0.25, 0.3) is 0 Å². The Kier molecular flexibility index (Phi) is 3.46. The second kappa shape index (κ2) is 4.58. The van der Waals surface area contributed by atoms with Gasteiger partial charge in [0.1, 0.15) is 5.54 Å². The number of nitrogens with one attached hydrogen (secondary N) is 1. The van der Waals surface area contributed by atoms with Crippen LogP contribution >= 0.6 is 0 Å². The minimum absolute atomic E-state index is 0.187. The fourth-order valence-electron chi connectivity index (χ4n) is 2.84. The average Bonchev–Trinajstić information content (AvgIpc) is 3.01. The van der Waals surface area contributed by atoms with Gasteiger partial charge < -0.3 is 11.1 Å². The maximum absolute atomic E-state index is 11.8. The van der Waals surface area contributed by atoms with Crippen molar-refractivity contribution in [1.29, 1.82) is 0 Å². The van der Waals surface area contributed by atoms with Crippen LogP contribution in [0.4, 0.5) is 0 Å². The van der Waals surface area contributed by atoms with Crippen molar-refractivity contribution in [2.24, 2.45) is 11.7 Å².